The Balaban J connectivity index is 1.60. The van der Waals surface area contributed by atoms with Crippen molar-refractivity contribution in [2.45, 2.75) is 0 Å². The van der Waals surface area contributed by atoms with Crippen LogP contribution < -0.4 is 10.9 Å². The number of allylic oxidation sites excluding steroid dienone is 3. The summed E-state index contributed by atoms with van der Waals surface area (Å²) in [6.07, 6.45) is 9.14. The first kappa shape index (κ1) is 17.1. The van der Waals surface area contributed by atoms with E-state index in [4.69, 9.17) is 0 Å². The highest BCUT2D eigenvalue weighted by atomic mass is 16.2. The van der Waals surface area contributed by atoms with Crippen molar-refractivity contribution in [2.24, 2.45) is 0 Å². The van der Waals surface area contributed by atoms with Crippen molar-refractivity contribution in [3.05, 3.63) is 101 Å². The molecule has 0 saturated carbocycles. The van der Waals surface area contributed by atoms with Crippen LogP contribution in [0.1, 0.15) is 11.1 Å². The van der Waals surface area contributed by atoms with Crippen LogP contribution in [0.25, 0.3) is 17.1 Å². The van der Waals surface area contributed by atoms with Crippen LogP contribution in [0.4, 0.5) is 0 Å². The standard InChI is InChI=1S/C21H18N4O/c26-21-20(15-7-13-18-9-3-1-4-10-18)25(17-22-21)24-23-16-8-14-19-11-5-2-6-12-19/h1-15,24H,17H2/p+1. The quantitative estimate of drug-likeness (QED) is 0.508. The molecule has 0 aromatic heterocycles. The van der Waals surface area contributed by atoms with Gasteiger partial charge in [-0.3, -0.25) is 4.79 Å². The number of benzene rings is 2. The topological polar surface area (TPSA) is 48.7 Å². The molecule has 1 heterocycles. The second kappa shape index (κ2) is 8.90. The van der Waals surface area contributed by atoms with Crippen LogP contribution in [-0.2, 0) is 4.79 Å². The van der Waals surface area contributed by atoms with Gasteiger partial charge in [-0.25, -0.2) is 5.01 Å². The van der Waals surface area contributed by atoms with Crippen molar-refractivity contribution < 1.29 is 4.79 Å². The van der Waals surface area contributed by atoms with Gasteiger partial charge in [0.05, 0.1) is 6.08 Å². The predicted octanol–water partition coefficient (Wildman–Crippen LogP) is 3.44. The molecule has 0 atom stereocenters. The van der Waals surface area contributed by atoms with Crippen LogP contribution in [0, 0.1) is 6.07 Å². The molecule has 0 unspecified atom stereocenters. The van der Waals surface area contributed by atoms with Crippen molar-refractivity contribution in [2.75, 3.05) is 6.67 Å². The van der Waals surface area contributed by atoms with Crippen LogP contribution >= 0.6 is 0 Å². The predicted molar refractivity (Wildman–Crippen MR) is 104 cm³/mol. The largest absolute Gasteiger partial charge is 0.351 e. The molecule has 0 radical (unpaired) electrons. The highest BCUT2D eigenvalue weighted by Crippen LogP contribution is 2.09. The van der Waals surface area contributed by atoms with Gasteiger partial charge in [-0.1, -0.05) is 72.8 Å². The fraction of sp³-hybridized carbons (Fsp3) is 0.0476. The minimum atomic E-state index is -0.148. The first-order valence-corrected chi connectivity index (χ1v) is 8.24. The fourth-order valence-corrected chi connectivity index (χ4v) is 2.34. The normalized spacial score (nSPS) is 15.3. The molecule has 128 valence electrons. The van der Waals surface area contributed by atoms with E-state index in [2.05, 4.69) is 21.9 Å². The number of hydrogen-bond donors (Lipinski definition) is 2. The summed E-state index contributed by atoms with van der Waals surface area (Å²) in [5.41, 5.74) is 5.44. The number of carbonyl (C=O) groups is 1. The van der Waals surface area contributed by atoms with E-state index in [1.165, 1.54) is 0 Å². The molecule has 2 aromatic carbocycles. The van der Waals surface area contributed by atoms with Crippen molar-refractivity contribution >= 4 is 18.1 Å². The average molecular weight is 343 g/mol. The molecule has 1 fully saturated rings. The molecule has 3 rings (SSSR count). The summed E-state index contributed by atoms with van der Waals surface area (Å²) in [7, 11) is 0. The van der Waals surface area contributed by atoms with Gasteiger partial charge in [0.25, 0.3) is 5.91 Å². The molecule has 1 amide bonds. The maximum absolute atomic E-state index is 11.9. The molecule has 0 spiro atoms. The number of nitrogens with one attached hydrogen (secondary N) is 2. The molecule has 0 aliphatic carbocycles. The summed E-state index contributed by atoms with van der Waals surface area (Å²) in [6.45, 7) is 0.345. The van der Waals surface area contributed by atoms with E-state index >= 15 is 0 Å². The van der Waals surface area contributed by atoms with E-state index in [0.29, 0.717) is 12.4 Å². The van der Waals surface area contributed by atoms with Crippen LogP contribution in [-0.4, -0.2) is 17.6 Å². The summed E-state index contributed by atoms with van der Waals surface area (Å²) in [5, 5.41) is 4.38. The molecule has 26 heavy (non-hydrogen) atoms. The molecule has 1 aliphatic heterocycles. The van der Waals surface area contributed by atoms with Gasteiger partial charge in [0.15, 0.2) is 0 Å². The van der Waals surface area contributed by atoms with E-state index in [1.807, 2.05) is 78.9 Å². The first-order valence-electron chi connectivity index (χ1n) is 8.24. The third-order valence-corrected chi connectivity index (χ3v) is 3.65. The summed E-state index contributed by atoms with van der Waals surface area (Å²) >= 11 is 0. The van der Waals surface area contributed by atoms with Gasteiger partial charge in [-0.2, -0.15) is 0 Å². The maximum atomic E-state index is 11.9. The van der Waals surface area contributed by atoms with E-state index in [-0.39, 0.29) is 5.91 Å². The lowest BCUT2D eigenvalue weighted by Crippen LogP contribution is -2.30. The number of rotatable bonds is 4. The van der Waals surface area contributed by atoms with Crippen LogP contribution in [0.5, 0.6) is 0 Å². The van der Waals surface area contributed by atoms with Gasteiger partial charge in [-0.15, -0.1) is 0 Å². The Morgan fingerprint density at radius 1 is 1.00 bits per heavy atom. The average Bonchev–Trinajstić information content (AvgIpc) is 3.03. The third kappa shape index (κ3) is 4.86. The summed E-state index contributed by atoms with van der Waals surface area (Å²) in [6, 6.07) is 22.6. The second-order valence-electron chi connectivity index (χ2n) is 5.50. The van der Waals surface area contributed by atoms with E-state index < -0.39 is 0 Å². The number of carbonyl (C=O) groups excluding carboxylic acids is 1. The number of amides is 1. The minimum Gasteiger partial charge on any atom is -0.331 e. The zero-order valence-electron chi connectivity index (χ0n) is 14.2. The van der Waals surface area contributed by atoms with Crippen LogP contribution in [0.2, 0.25) is 0 Å². The van der Waals surface area contributed by atoms with Gasteiger partial charge >= 0.3 is 6.07 Å². The summed E-state index contributed by atoms with van der Waals surface area (Å²) < 4.78 is 0. The molecular weight excluding hydrogens is 324 g/mol. The van der Waals surface area contributed by atoms with Crippen molar-refractivity contribution in [3.63, 3.8) is 0 Å². The van der Waals surface area contributed by atoms with E-state index in [1.54, 1.807) is 17.2 Å². The molecular formula is C21H19N4O+. The Morgan fingerprint density at radius 3 is 2.35 bits per heavy atom. The number of hydrogen-bond acceptors (Lipinski definition) is 3. The second-order valence-corrected chi connectivity index (χ2v) is 5.50. The van der Waals surface area contributed by atoms with E-state index in [9.17, 15) is 4.79 Å². The molecule has 5 nitrogen and oxygen atoms in total. The van der Waals surface area contributed by atoms with Gasteiger partial charge < -0.3 is 5.32 Å². The fourth-order valence-electron chi connectivity index (χ4n) is 2.34. The van der Waals surface area contributed by atoms with Crippen LogP contribution in [0.15, 0.2) is 84.6 Å². The van der Waals surface area contributed by atoms with Crippen molar-refractivity contribution in [3.8, 4) is 6.07 Å². The molecule has 1 saturated heterocycles. The summed E-state index contributed by atoms with van der Waals surface area (Å²) in [5.74, 6) is -0.148. The monoisotopic (exact) mass is 343 g/mol. The number of hydrazine groups is 1. The Hall–Kier alpha value is -3.78. The zero-order chi connectivity index (χ0) is 18.0. The van der Waals surface area contributed by atoms with Gasteiger partial charge in [0.1, 0.15) is 17.3 Å². The molecule has 2 aromatic rings. The zero-order valence-corrected chi connectivity index (χ0v) is 14.2. The Bertz CT molecular complexity index is 890. The van der Waals surface area contributed by atoms with Crippen LogP contribution in [0.3, 0.4) is 0 Å². The lowest BCUT2D eigenvalue weighted by Gasteiger charge is -2.06. The summed E-state index contributed by atoms with van der Waals surface area (Å²) in [4.78, 5) is 15.9. The first-order chi connectivity index (χ1) is 12.8. The Morgan fingerprint density at radius 2 is 1.65 bits per heavy atom. The molecule has 0 bridgehead atoms. The van der Waals surface area contributed by atoms with Crippen molar-refractivity contribution in [1.82, 2.24) is 15.9 Å². The van der Waals surface area contributed by atoms with Gasteiger partial charge in [-0.05, 0) is 23.3 Å². The van der Waals surface area contributed by atoms with Gasteiger partial charge in [0.2, 0.25) is 0 Å². The lowest BCUT2D eigenvalue weighted by molar-refractivity contribution is -0.116. The lowest BCUT2D eigenvalue weighted by atomic mass is 10.2. The van der Waals surface area contributed by atoms with E-state index in [0.717, 1.165) is 11.1 Å². The van der Waals surface area contributed by atoms with Crippen molar-refractivity contribution in [1.29, 1.82) is 0 Å². The minimum absolute atomic E-state index is 0.148. The number of nitrogens with zero attached hydrogens (tertiary/aromatic N) is 2. The molecule has 1 aliphatic rings. The molecule has 5 heteroatoms. The Kier molecular flexibility index (Phi) is 5.84. The smallest absolute Gasteiger partial charge is 0.331 e. The SMILES string of the molecule is O=C1NCN(N[N+]#CC=Cc2ccccc2)C1=CC=Cc1ccccc1. The third-order valence-electron chi connectivity index (χ3n) is 3.65. The highest BCUT2D eigenvalue weighted by molar-refractivity contribution is 5.95. The van der Waals surface area contributed by atoms with Gasteiger partial charge in [0, 0.05) is 5.53 Å². The molecule has 2 N–H and O–H groups in total. The maximum Gasteiger partial charge on any atom is 0.351 e. The Labute approximate surface area is 152 Å². The highest BCUT2D eigenvalue weighted by Gasteiger charge is 2.26.